The molecule has 0 unspecified atom stereocenters. The van der Waals surface area contributed by atoms with Gasteiger partial charge in [0.2, 0.25) is 0 Å². The molecule has 0 aromatic heterocycles. The molecule has 132 valence electrons. The molecule has 2 aromatic carbocycles. The van der Waals surface area contributed by atoms with Gasteiger partial charge in [-0.1, -0.05) is 36.4 Å². The minimum atomic E-state index is -0.0895. The van der Waals surface area contributed by atoms with Crippen LogP contribution in [0.1, 0.15) is 29.5 Å². The molecule has 0 aliphatic heterocycles. The van der Waals surface area contributed by atoms with Crippen LogP contribution in [-0.4, -0.2) is 26.2 Å². The van der Waals surface area contributed by atoms with Crippen LogP contribution in [0, 0.1) is 6.92 Å². The van der Waals surface area contributed by atoms with E-state index in [2.05, 4.69) is 41.8 Å². The number of urea groups is 1. The van der Waals surface area contributed by atoms with E-state index in [4.69, 9.17) is 4.74 Å². The zero-order valence-corrected chi connectivity index (χ0v) is 15.0. The average molecular weight is 338 g/mol. The number of hydrogen-bond donors (Lipinski definition) is 2. The van der Waals surface area contributed by atoms with Gasteiger partial charge in [-0.3, -0.25) is 0 Å². The molecule has 1 fully saturated rings. The lowest BCUT2D eigenvalue weighted by molar-refractivity contribution is 0.240. The Morgan fingerprint density at radius 1 is 1.08 bits per heavy atom. The summed E-state index contributed by atoms with van der Waals surface area (Å²) in [5.41, 5.74) is 3.99. The molecule has 4 heteroatoms. The van der Waals surface area contributed by atoms with E-state index < -0.39 is 0 Å². The SMILES string of the molecule is COc1ccc(CCNC(=O)NCC2(c3ccccc3C)CC2)cc1. The molecular formula is C21H26N2O2. The van der Waals surface area contributed by atoms with Crippen LogP contribution in [0.3, 0.4) is 0 Å². The van der Waals surface area contributed by atoms with E-state index >= 15 is 0 Å². The first-order valence-electron chi connectivity index (χ1n) is 8.84. The van der Waals surface area contributed by atoms with Crippen LogP contribution in [-0.2, 0) is 11.8 Å². The third-order valence-electron chi connectivity index (χ3n) is 5.02. The van der Waals surface area contributed by atoms with E-state index in [0.29, 0.717) is 13.1 Å². The first kappa shape index (κ1) is 17.3. The molecule has 2 amide bonds. The Kier molecular flexibility index (Phi) is 5.27. The fourth-order valence-electron chi connectivity index (χ4n) is 3.28. The van der Waals surface area contributed by atoms with E-state index in [0.717, 1.165) is 25.0 Å². The Balaban J connectivity index is 1.43. The summed E-state index contributed by atoms with van der Waals surface area (Å²) >= 11 is 0. The molecule has 25 heavy (non-hydrogen) atoms. The second-order valence-corrected chi connectivity index (χ2v) is 6.80. The zero-order chi connectivity index (χ0) is 17.7. The fourth-order valence-corrected chi connectivity index (χ4v) is 3.28. The Bertz CT molecular complexity index is 721. The van der Waals surface area contributed by atoms with Gasteiger partial charge in [-0.2, -0.15) is 0 Å². The highest BCUT2D eigenvalue weighted by Gasteiger charge is 2.45. The number of rotatable bonds is 7. The number of aryl methyl sites for hydroxylation is 1. The van der Waals surface area contributed by atoms with Crippen molar-refractivity contribution in [1.82, 2.24) is 10.6 Å². The minimum absolute atomic E-state index is 0.0895. The molecule has 0 spiro atoms. The van der Waals surface area contributed by atoms with Gasteiger partial charge in [0, 0.05) is 18.5 Å². The van der Waals surface area contributed by atoms with Crippen LogP contribution in [0.25, 0.3) is 0 Å². The first-order valence-corrected chi connectivity index (χ1v) is 8.84. The van der Waals surface area contributed by atoms with Gasteiger partial charge < -0.3 is 15.4 Å². The molecule has 3 rings (SSSR count). The monoisotopic (exact) mass is 338 g/mol. The molecule has 1 aliphatic carbocycles. The predicted octanol–water partition coefficient (Wildman–Crippen LogP) is 3.58. The van der Waals surface area contributed by atoms with Crippen LogP contribution in [0.15, 0.2) is 48.5 Å². The summed E-state index contributed by atoms with van der Waals surface area (Å²) in [4.78, 5) is 12.1. The highest BCUT2D eigenvalue weighted by molar-refractivity contribution is 5.74. The molecule has 0 radical (unpaired) electrons. The lowest BCUT2D eigenvalue weighted by Gasteiger charge is -2.19. The van der Waals surface area contributed by atoms with Gasteiger partial charge in [0.15, 0.2) is 0 Å². The standard InChI is InChI=1S/C21H26N2O2/c1-16-5-3-4-6-19(16)21(12-13-21)15-23-20(24)22-14-11-17-7-9-18(25-2)10-8-17/h3-10H,11-15H2,1-2H3,(H2,22,23,24). The molecular weight excluding hydrogens is 312 g/mol. The quantitative estimate of drug-likeness (QED) is 0.811. The Morgan fingerprint density at radius 3 is 2.44 bits per heavy atom. The summed E-state index contributed by atoms with van der Waals surface area (Å²) in [5, 5.41) is 5.99. The Morgan fingerprint density at radius 2 is 1.80 bits per heavy atom. The van der Waals surface area contributed by atoms with Gasteiger partial charge in [0.25, 0.3) is 0 Å². The van der Waals surface area contributed by atoms with Gasteiger partial charge in [0.1, 0.15) is 5.75 Å². The van der Waals surface area contributed by atoms with Crippen molar-refractivity contribution in [3.05, 3.63) is 65.2 Å². The lowest BCUT2D eigenvalue weighted by atomic mass is 9.92. The summed E-state index contributed by atoms with van der Waals surface area (Å²) < 4.78 is 5.15. The zero-order valence-electron chi connectivity index (χ0n) is 15.0. The van der Waals surface area contributed by atoms with Crippen molar-refractivity contribution in [1.29, 1.82) is 0 Å². The number of carbonyl (C=O) groups excluding carboxylic acids is 1. The van der Waals surface area contributed by atoms with E-state index in [1.807, 2.05) is 24.3 Å². The molecule has 4 nitrogen and oxygen atoms in total. The van der Waals surface area contributed by atoms with Gasteiger partial charge in [-0.05, 0) is 55.0 Å². The van der Waals surface area contributed by atoms with Gasteiger partial charge in [0.05, 0.1) is 7.11 Å². The normalized spacial score (nSPS) is 14.6. The average Bonchev–Trinajstić information content (AvgIpc) is 3.42. The maximum Gasteiger partial charge on any atom is 0.314 e. The largest absolute Gasteiger partial charge is 0.497 e. The topological polar surface area (TPSA) is 50.4 Å². The van der Waals surface area contributed by atoms with Gasteiger partial charge in [-0.25, -0.2) is 4.79 Å². The Labute approximate surface area is 149 Å². The van der Waals surface area contributed by atoms with Crippen molar-refractivity contribution in [2.45, 2.75) is 31.6 Å². The second kappa shape index (κ2) is 7.60. The van der Waals surface area contributed by atoms with Crippen LogP contribution >= 0.6 is 0 Å². The number of carbonyl (C=O) groups is 1. The number of methoxy groups -OCH3 is 1. The number of nitrogens with one attached hydrogen (secondary N) is 2. The van der Waals surface area contributed by atoms with Crippen molar-refractivity contribution >= 4 is 6.03 Å². The highest BCUT2D eigenvalue weighted by Crippen LogP contribution is 2.48. The third-order valence-corrected chi connectivity index (χ3v) is 5.02. The lowest BCUT2D eigenvalue weighted by Crippen LogP contribution is -2.40. The molecule has 2 aromatic rings. The third kappa shape index (κ3) is 4.32. The maximum absolute atomic E-state index is 12.1. The van der Waals surface area contributed by atoms with Crippen molar-refractivity contribution in [2.75, 3.05) is 20.2 Å². The molecule has 1 aliphatic rings. The maximum atomic E-state index is 12.1. The molecule has 0 atom stereocenters. The summed E-state index contributed by atoms with van der Waals surface area (Å²) in [5.74, 6) is 0.848. The smallest absolute Gasteiger partial charge is 0.314 e. The number of benzene rings is 2. The summed E-state index contributed by atoms with van der Waals surface area (Å²) in [6.07, 6.45) is 3.09. The van der Waals surface area contributed by atoms with Crippen molar-refractivity contribution < 1.29 is 9.53 Å². The van der Waals surface area contributed by atoms with Crippen molar-refractivity contribution in [2.24, 2.45) is 0 Å². The van der Waals surface area contributed by atoms with Crippen molar-refractivity contribution in [3.8, 4) is 5.75 Å². The van der Waals surface area contributed by atoms with E-state index in [9.17, 15) is 4.79 Å². The Hall–Kier alpha value is -2.49. The second-order valence-electron chi connectivity index (χ2n) is 6.80. The number of ether oxygens (including phenoxy) is 1. The number of amides is 2. The minimum Gasteiger partial charge on any atom is -0.497 e. The van der Waals surface area contributed by atoms with Crippen LogP contribution in [0.5, 0.6) is 5.75 Å². The molecule has 0 saturated heterocycles. The predicted molar refractivity (Wildman–Crippen MR) is 100 cm³/mol. The highest BCUT2D eigenvalue weighted by atomic mass is 16.5. The van der Waals surface area contributed by atoms with Crippen LogP contribution in [0.2, 0.25) is 0 Å². The molecule has 0 heterocycles. The van der Waals surface area contributed by atoms with Gasteiger partial charge >= 0.3 is 6.03 Å². The molecule has 0 bridgehead atoms. The van der Waals surface area contributed by atoms with Crippen LogP contribution in [0.4, 0.5) is 4.79 Å². The van der Waals surface area contributed by atoms with E-state index in [1.165, 1.54) is 16.7 Å². The summed E-state index contributed by atoms with van der Waals surface area (Å²) in [6, 6.07) is 16.3. The van der Waals surface area contributed by atoms with Crippen molar-refractivity contribution in [3.63, 3.8) is 0 Å². The summed E-state index contributed by atoms with van der Waals surface area (Å²) in [7, 11) is 1.66. The fraction of sp³-hybridized carbons (Fsp3) is 0.381. The molecule has 1 saturated carbocycles. The van der Waals surface area contributed by atoms with E-state index in [-0.39, 0.29) is 11.4 Å². The molecule has 2 N–H and O–H groups in total. The summed E-state index contributed by atoms with van der Waals surface area (Å²) in [6.45, 7) is 3.46. The number of hydrogen-bond acceptors (Lipinski definition) is 2. The van der Waals surface area contributed by atoms with Crippen LogP contribution < -0.4 is 15.4 Å². The van der Waals surface area contributed by atoms with E-state index in [1.54, 1.807) is 7.11 Å². The van der Waals surface area contributed by atoms with Gasteiger partial charge in [-0.15, -0.1) is 0 Å². The first-order chi connectivity index (χ1) is 12.1.